The molecule has 1 aliphatic rings. The van der Waals surface area contributed by atoms with E-state index in [1.165, 1.54) is 0 Å². The van der Waals surface area contributed by atoms with Crippen molar-refractivity contribution in [3.05, 3.63) is 0 Å². The van der Waals surface area contributed by atoms with Gasteiger partial charge in [0, 0.05) is 6.61 Å². The number of hydrogen-bond donors (Lipinski definition) is 1. The zero-order valence-electron chi connectivity index (χ0n) is 4.10. The van der Waals surface area contributed by atoms with Crippen LogP contribution in [0.15, 0.2) is 0 Å². The first-order valence-corrected chi connectivity index (χ1v) is 2.55. The molecule has 1 aliphatic carbocycles. The van der Waals surface area contributed by atoms with Gasteiger partial charge in [0.05, 0.1) is 6.67 Å². The highest BCUT2D eigenvalue weighted by molar-refractivity contribution is 4.84. The monoisotopic (exact) mass is 104 g/mol. The van der Waals surface area contributed by atoms with Crippen molar-refractivity contribution in [2.24, 2.45) is 11.8 Å². The lowest BCUT2D eigenvalue weighted by molar-refractivity contribution is 0.262. The molecule has 1 nitrogen and oxygen atoms in total. The van der Waals surface area contributed by atoms with Gasteiger partial charge in [-0.05, 0) is 18.3 Å². The van der Waals surface area contributed by atoms with Crippen LogP contribution < -0.4 is 0 Å². The summed E-state index contributed by atoms with van der Waals surface area (Å²) in [5, 5.41) is 8.34. The first-order chi connectivity index (χ1) is 3.38. The third-order valence-electron chi connectivity index (χ3n) is 1.50. The van der Waals surface area contributed by atoms with Gasteiger partial charge in [-0.25, -0.2) is 0 Å². The van der Waals surface area contributed by atoms with Crippen molar-refractivity contribution in [1.29, 1.82) is 0 Å². The lowest BCUT2D eigenvalue weighted by atomic mass is 10.4. The molecule has 0 aromatic heterocycles. The molecule has 42 valence electrons. The normalized spacial score (nSPS) is 38.6. The van der Waals surface area contributed by atoms with Crippen LogP contribution in [0, 0.1) is 11.8 Å². The molecular weight excluding hydrogens is 95.1 g/mol. The van der Waals surface area contributed by atoms with Crippen LogP contribution in [0.3, 0.4) is 0 Å². The molecule has 7 heavy (non-hydrogen) atoms. The average molecular weight is 104 g/mol. The standard InChI is InChI=1S/C5H9FO/c6-2-4-1-5(4)3-7/h4-5,7H,1-3H2. The third kappa shape index (κ3) is 0.911. The maximum atomic E-state index is 11.5. The Morgan fingerprint density at radius 3 is 2.43 bits per heavy atom. The summed E-state index contributed by atoms with van der Waals surface area (Å²) >= 11 is 0. The summed E-state index contributed by atoms with van der Waals surface area (Å²) in [6, 6.07) is 0. The fraction of sp³-hybridized carbons (Fsp3) is 1.00. The summed E-state index contributed by atoms with van der Waals surface area (Å²) < 4.78 is 11.5. The minimum absolute atomic E-state index is 0.175. The van der Waals surface area contributed by atoms with E-state index in [1.54, 1.807) is 0 Å². The van der Waals surface area contributed by atoms with Gasteiger partial charge in [-0.3, -0.25) is 4.39 Å². The number of aliphatic hydroxyl groups is 1. The molecule has 0 bridgehead atoms. The Hall–Kier alpha value is -0.110. The molecule has 2 unspecified atom stereocenters. The van der Waals surface area contributed by atoms with Crippen LogP contribution in [0.4, 0.5) is 4.39 Å². The van der Waals surface area contributed by atoms with Crippen molar-refractivity contribution in [3.8, 4) is 0 Å². The van der Waals surface area contributed by atoms with Gasteiger partial charge in [-0.1, -0.05) is 0 Å². The Labute approximate surface area is 42.2 Å². The number of hydrogen-bond acceptors (Lipinski definition) is 1. The van der Waals surface area contributed by atoms with Crippen molar-refractivity contribution < 1.29 is 9.50 Å². The highest BCUT2D eigenvalue weighted by atomic mass is 19.1. The number of aliphatic hydroxyl groups excluding tert-OH is 1. The SMILES string of the molecule is OCC1CC1CF. The van der Waals surface area contributed by atoms with Gasteiger partial charge < -0.3 is 5.11 Å². The second kappa shape index (κ2) is 1.78. The molecule has 0 radical (unpaired) electrons. The zero-order chi connectivity index (χ0) is 5.28. The van der Waals surface area contributed by atoms with Gasteiger partial charge in [0.1, 0.15) is 0 Å². The number of halogens is 1. The molecule has 1 N–H and O–H groups in total. The zero-order valence-corrected chi connectivity index (χ0v) is 4.10. The lowest BCUT2D eigenvalue weighted by Gasteiger charge is -1.83. The summed E-state index contributed by atoms with van der Waals surface area (Å²) in [7, 11) is 0. The van der Waals surface area contributed by atoms with Crippen LogP contribution >= 0.6 is 0 Å². The Morgan fingerprint density at radius 1 is 1.57 bits per heavy atom. The van der Waals surface area contributed by atoms with Gasteiger partial charge in [-0.2, -0.15) is 0 Å². The third-order valence-corrected chi connectivity index (χ3v) is 1.50. The van der Waals surface area contributed by atoms with E-state index in [0.717, 1.165) is 6.42 Å². The molecule has 2 atom stereocenters. The molecule has 0 spiro atoms. The molecule has 2 heteroatoms. The maximum absolute atomic E-state index is 11.5. The van der Waals surface area contributed by atoms with Crippen molar-refractivity contribution in [1.82, 2.24) is 0 Å². The topological polar surface area (TPSA) is 20.2 Å². The summed E-state index contributed by atoms with van der Waals surface area (Å²) in [6.45, 7) is -0.0696. The Bertz CT molecular complexity index is 57.1. The van der Waals surface area contributed by atoms with Crippen LogP contribution in [0.25, 0.3) is 0 Å². The minimum atomic E-state index is -0.245. The number of alkyl halides is 1. The van der Waals surface area contributed by atoms with Crippen LogP contribution in [0.2, 0.25) is 0 Å². The fourth-order valence-corrected chi connectivity index (χ4v) is 0.723. The van der Waals surface area contributed by atoms with Gasteiger partial charge in [0.15, 0.2) is 0 Å². The van der Waals surface area contributed by atoms with Crippen molar-refractivity contribution >= 4 is 0 Å². The van der Waals surface area contributed by atoms with Crippen LogP contribution in [0.5, 0.6) is 0 Å². The quantitative estimate of drug-likeness (QED) is 0.543. The van der Waals surface area contributed by atoms with Crippen LogP contribution in [-0.2, 0) is 0 Å². The Morgan fingerprint density at radius 2 is 2.29 bits per heavy atom. The van der Waals surface area contributed by atoms with Gasteiger partial charge >= 0.3 is 0 Å². The highest BCUT2D eigenvalue weighted by Crippen LogP contribution is 2.37. The molecule has 1 fully saturated rings. The molecule has 1 saturated carbocycles. The largest absolute Gasteiger partial charge is 0.396 e. The van der Waals surface area contributed by atoms with Gasteiger partial charge in [0.25, 0.3) is 0 Å². The summed E-state index contributed by atoms with van der Waals surface area (Å²) in [5.41, 5.74) is 0. The molecular formula is C5H9FO. The second-order valence-corrected chi connectivity index (χ2v) is 2.09. The summed E-state index contributed by atoms with van der Waals surface area (Å²) in [5.74, 6) is 0.495. The average Bonchev–Trinajstić information content (AvgIpc) is 2.43. The molecule has 1 rings (SSSR count). The maximum Gasteiger partial charge on any atom is 0.0926 e. The van der Waals surface area contributed by atoms with E-state index < -0.39 is 0 Å². The van der Waals surface area contributed by atoms with E-state index >= 15 is 0 Å². The van der Waals surface area contributed by atoms with Crippen molar-refractivity contribution in [2.45, 2.75) is 6.42 Å². The Kier molecular flexibility index (Phi) is 1.28. The van der Waals surface area contributed by atoms with Crippen LogP contribution in [-0.4, -0.2) is 18.4 Å². The van der Waals surface area contributed by atoms with Gasteiger partial charge in [0.2, 0.25) is 0 Å². The summed E-state index contributed by atoms with van der Waals surface area (Å²) in [6.07, 6.45) is 0.896. The van der Waals surface area contributed by atoms with E-state index in [0.29, 0.717) is 5.92 Å². The van der Waals surface area contributed by atoms with E-state index in [9.17, 15) is 4.39 Å². The van der Waals surface area contributed by atoms with E-state index in [2.05, 4.69) is 0 Å². The smallest absolute Gasteiger partial charge is 0.0926 e. The van der Waals surface area contributed by atoms with E-state index in [1.807, 2.05) is 0 Å². The van der Waals surface area contributed by atoms with E-state index in [4.69, 9.17) is 5.11 Å². The van der Waals surface area contributed by atoms with Crippen molar-refractivity contribution in [3.63, 3.8) is 0 Å². The lowest BCUT2D eigenvalue weighted by Crippen LogP contribution is -1.88. The minimum Gasteiger partial charge on any atom is -0.396 e. The molecule has 0 aromatic rings. The molecule has 0 saturated heterocycles. The predicted molar refractivity (Wildman–Crippen MR) is 24.7 cm³/mol. The van der Waals surface area contributed by atoms with Crippen molar-refractivity contribution in [2.75, 3.05) is 13.3 Å². The fourth-order valence-electron chi connectivity index (χ4n) is 0.723. The first kappa shape index (κ1) is 5.04. The molecule has 0 amide bonds. The van der Waals surface area contributed by atoms with Gasteiger partial charge in [-0.15, -0.1) is 0 Å². The molecule has 0 aliphatic heterocycles. The summed E-state index contributed by atoms with van der Waals surface area (Å²) in [4.78, 5) is 0. The predicted octanol–water partition coefficient (Wildman–Crippen LogP) is 0.584. The Balaban J connectivity index is 2.06. The second-order valence-electron chi connectivity index (χ2n) is 2.09. The highest BCUT2D eigenvalue weighted by Gasteiger charge is 2.35. The number of rotatable bonds is 2. The molecule has 0 heterocycles. The van der Waals surface area contributed by atoms with E-state index in [-0.39, 0.29) is 19.2 Å². The molecule has 0 aromatic carbocycles. The van der Waals surface area contributed by atoms with Crippen LogP contribution in [0.1, 0.15) is 6.42 Å². The first-order valence-electron chi connectivity index (χ1n) is 2.55.